The van der Waals surface area contributed by atoms with E-state index in [1.165, 1.54) is 0 Å². The van der Waals surface area contributed by atoms with Crippen molar-refractivity contribution in [3.8, 4) is 6.07 Å². The summed E-state index contributed by atoms with van der Waals surface area (Å²) >= 11 is 0. The molecular formula is C17H15N3O. The van der Waals surface area contributed by atoms with Crippen molar-refractivity contribution in [1.29, 1.82) is 5.26 Å². The fourth-order valence-electron chi connectivity index (χ4n) is 2.59. The Morgan fingerprint density at radius 3 is 2.48 bits per heavy atom. The van der Waals surface area contributed by atoms with Gasteiger partial charge in [0.15, 0.2) is 0 Å². The van der Waals surface area contributed by atoms with Crippen LogP contribution in [0.15, 0.2) is 42.5 Å². The molecule has 0 saturated heterocycles. The summed E-state index contributed by atoms with van der Waals surface area (Å²) in [6.07, 6.45) is 0. The summed E-state index contributed by atoms with van der Waals surface area (Å²) in [5.41, 5.74) is 3.84. The Bertz CT molecular complexity index is 742. The van der Waals surface area contributed by atoms with E-state index < -0.39 is 0 Å². The molecule has 2 aromatic carbocycles. The third-order valence-electron chi connectivity index (χ3n) is 3.74. The van der Waals surface area contributed by atoms with Crippen molar-refractivity contribution in [2.24, 2.45) is 0 Å². The van der Waals surface area contributed by atoms with Gasteiger partial charge in [-0.2, -0.15) is 5.26 Å². The number of nitrogens with zero attached hydrogens (tertiary/aromatic N) is 3. The fraction of sp³-hybridized carbons (Fsp3) is 0.176. The van der Waals surface area contributed by atoms with Crippen LogP contribution in [0.25, 0.3) is 0 Å². The Morgan fingerprint density at radius 2 is 1.86 bits per heavy atom. The standard InChI is InChI=1S/C17H15N3O/c1-19(2)14-6-8-15(9-7-14)20-11-13-5-3-4-12(10-18)16(13)17(20)21/h3-9H,11H2,1-2H3. The second-order valence-electron chi connectivity index (χ2n) is 5.25. The van der Waals surface area contributed by atoms with Gasteiger partial charge < -0.3 is 9.80 Å². The summed E-state index contributed by atoms with van der Waals surface area (Å²) in [4.78, 5) is 16.3. The van der Waals surface area contributed by atoms with Gasteiger partial charge in [0, 0.05) is 25.5 Å². The minimum atomic E-state index is -0.0975. The Balaban J connectivity index is 1.97. The highest BCUT2D eigenvalue weighted by molar-refractivity contribution is 6.11. The number of carbonyl (C=O) groups excluding carboxylic acids is 1. The summed E-state index contributed by atoms with van der Waals surface area (Å²) < 4.78 is 0. The highest BCUT2D eigenvalue weighted by Gasteiger charge is 2.30. The molecule has 1 aliphatic rings. The van der Waals surface area contributed by atoms with Gasteiger partial charge in [-0.15, -0.1) is 0 Å². The summed E-state index contributed by atoms with van der Waals surface area (Å²) in [5, 5.41) is 9.15. The lowest BCUT2D eigenvalue weighted by Crippen LogP contribution is -2.23. The Hall–Kier alpha value is -2.80. The molecule has 0 bridgehead atoms. The number of fused-ring (bicyclic) bond motifs is 1. The normalized spacial score (nSPS) is 13.0. The molecule has 21 heavy (non-hydrogen) atoms. The molecule has 0 N–H and O–H groups in total. The van der Waals surface area contributed by atoms with Crippen molar-refractivity contribution < 1.29 is 4.79 Å². The van der Waals surface area contributed by atoms with E-state index in [0.29, 0.717) is 17.7 Å². The lowest BCUT2D eigenvalue weighted by atomic mass is 10.0. The summed E-state index contributed by atoms with van der Waals surface area (Å²) in [6, 6.07) is 15.4. The SMILES string of the molecule is CN(C)c1ccc(N2Cc3cccc(C#N)c3C2=O)cc1. The molecule has 0 unspecified atom stereocenters. The van der Waals surface area contributed by atoms with Crippen molar-refractivity contribution in [3.63, 3.8) is 0 Å². The number of anilines is 2. The molecule has 0 saturated carbocycles. The minimum Gasteiger partial charge on any atom is -0.378 e. The number of carbonyl (C=O) groups is 1. The van der Waals surface area contributed by atoms with Gasteiger partial charge in [-0.1, -0.05) is 12.1 Å². The number of hydrogen-bond acceptors (Lipinski definition) is 3. The molecule has 1 amide bonds. The van der Waals surface area contributed by atoms with Crippen LogP contribution in [0.4, 0.5) is 11.4 Å². The van der Waals surface area contributed by atoms with Gasteiger partial charge in [0.2, 0.25) is 0 Å². The molecular weight excluding hydrogens is 262 g/mol. The monoisotopic (exact) mass is 277 g/mol. The molecule has 2 aromatic rings. The van der Waals surface area contributed by atoms with E-state index in [0.717, 1.165) is 16.9 Å². The van der Waals surface area contributed by atoms with Crippen molar-refractivity contribution in [2.45, 2.75) is 6.54 Å². The Labute approximate surface area is 123 Å². The third kappa shape index (κ3) is 2.13. The zero-order valence-corrected chi connectivity index (χ0v) is 12.0. The van der Waals surface area contributed by atoms with Gasteiger partial charge in [-0.3, -0.25) is 4.79 Å². The zero-order chi connectivity index (χ0) is 15.0. The lowest BCUT2D eigenvalue weighted by Gasteiger charge is -2.18. The summed E-state index contributed by atoms with van der Waals surface area (Å²) in [5.74, 6) is -0.0975. The van der Waals surface area contributed by atoms with E-state index in [4.69, 9.17) is 5.26 Å². The molecule has 0 aromatic heterocycles. The summed E-state index contributed by atoms with van der Waals surface area (Å²) in [7, 11) is 3.95. The van der Waals surface area contributed by atoms with E-state index in [2.05, 4.69) is 6.07 Å². The number of nitriles is 1. The smallest absolute Gasteiger partial charge is 0.260 e. The fourth-order valence-corrected chi connectivity index (χ4v) is 2.59. The van der Waals surface area contributed by atoms with Crippen LogP contribution in [-0.2, 0) is 6.54 Å². The number of benzene rings is 2. The van der Waals surface area contributed by atoms with Crippen LogP contribution in [0.5, 0.6) is 0 Å². The number of rotatable bonds is 2. The molecule has 4 heteroatoms. The summed E-state index contributed by atoms with van der Waals surface area (Å²) in [6.45, 7) is 0.519. The molecule has 4 nitrogen and oxygen atoms in total. The van der Waals surface area contributed by atoms with Gasteiger partial charge in [-0.25, -0.2) is 0 Å². The van der Waals surface area contributed by atoms with E-state index in [1.54, 1.807) is 11.0 Å². The number of amides is 1. The van der Waals surface area contributed by atoms with Crippen LogP contribution in [0.1, 0.15) is 21.5 Å². The molecule has 1 heterocycles. The van der Waals surface area contributed by atoms with Crippen molar-refractivity contribution in [3.05, 3.63) is 59.2 Å². The first-order valence-corrected chi connectivity index (χ1v) is 6.73. The number of hydrogen-bond donors (Lipinski definition) is 0. The highest BCUT2D eigenvalue weighted by Crippen LogP contribution is 2.31. The molecule has 0 spiro atoms. The molecule has 1 aliphatic heterocycles. The van der Waals surface area contributed by atoms with Crippen LogP contribution in [-0.4, -0.2) is 20.0 Å². The molecule has 0 aliphatic carbocycles. The average molecular weight is 277 g/mol. The maximum absolute atomic E-state index is 12.6. The molecule has 3 rings (SSSR count). The first kappa shape index (κ1) is 13.2. The predicted octanol–water partition coefficient (Wildman–Crippen LogP) is 2.78. The molecule has 0 atom stereocenters. The molecule has 0 fully saturated rings. The van der Waals surface area contributed by atoms with Gasteiger partial charge in [-0.05, 0) is 35.9 Å². The Kier molecular flexibility index (Phi) is 3.11. The Morgan fingerprint density at radius 1 is 1.14 bits per heavy atom. The predicted molar refractivity (Wildman–Crippen MR) is 82.4 cm³/mol. The maximum Gasteiger partial charge on any atom is 0.260 e. The van der Waals surface area contributed by atoms with Crippen LogP contribution < -0.4 is 9.80 Å². The van der Waals surface area contributed by atoms with E-state index >= 15 is 0 Å². The second kappa shape index (κ2) is 4.95. The topological polar surface area (TPSA) is 47.3 Å². The first-order chi connectivity index (χ1) is 10.1. The average Bonchev–Trinajstić information content (AvgIpc) is 2.84. The van der Waals surface area contributed by atoms with E-state index in [-0.39, 0.29) is 5.91 Å². The third-order valence-corrected chi connectivity index (χ3v) is 3.74. The largest absolute Gasteiger partial charge is 0.378 e. The van der Waals surface area contributed by atoms with Gasteiger partial charge >= 0.3 is 0 Å². The van der Waals surface area contributed by atoms with Crippen molar-refractivity contribution >= 4 is 17.3 Å². The minimum absolute atomic E-state index is 0.0975. The van der Waals surface area contributed by atoms with Crippen LogP contribution in [0.2, 0.25) is 0 Å². The highest BCUT2D eigenvalue weighted by atomic mass is 16.2. The van der Waals surface area contributed by atoms with E-state index in [1.807, 2.05) is 55.4 Å². The molecule has 104 valence electrons. The maximum atomic E-state index is 12.6. The van der Waals surface area contributed by atoms with Crippen LogP contribution in [0, 0.1) is 11.3 Å². The first-order valence-electron chi connectivity index (χ1n) is 6.73. The zero-order valence-electron chi connectivity index (χ0n) is 12.0. The quantitative estimate of drug-likeness (QED) is 0.848. The van der Waals surface area contributed by atoms with E-state index in [9.17, 15) is 4.79 Å². The molecule has 0 radical (unpaired) electrons. The van der Waals surface area contributed by atoms with Crippen LogP contribution in [0.3, 0.4) is 0 Å². The second-order valence-corrected chi connectivity index (χ2v) is 5.25. The van der Waals surface area contributed by atoms with Gasteiger partial charge in [0.25, 0.3) is 5.91 Å². The van der Waals surface area contributed by atoms with Gasteiger partial charge in [0.1, 0.15) is 0 Å². The van der Waals surface area contributed by atoms with Crippen LogP contribution >= 0.6 is 0 Å². The van der Waals surface area contributed by atoms with Crippen molar-refractivity contribution in [2.75, 3.05) is 23.9 Å². The van der Waals surface area contributed by atoms with Gasteiger partial charge in [0.05, 0.1) is 23.7 Å². The lowest BCUT2D eigenvalue weighted by molar-refractivity contribution is 0.0996. The van der Waals surface area contributed by atoms with Crippen molar-refractivity contribution in [1.82, 2.24) is 0 Å².